The first-order valence-corrected chi connectivity index (χ1v) is 10.7. The van der Waals surface area contributed by atoms with E-state index in [1.54, 1.807) is 6.07 Å². The van der Waals surface area contributed by atoms with Crippen molar-refractivity contribution in [3.05, 3.63) is 63.5 Å². The number of halogens is 3. The Morgan fingerprint density at radius 2 is 1.80 bits per heavy atom. The fourth-order valence-electron chi connectivity index (χ4n) is 3.90. The van der Waals surface area contributed by atoms with E-state index in [0.717, 1.165) is 29.9 Å². The van der Waals surface area contributed by atoms with Crippen LogP contribution >= 0.6 is 11.3 Å². The number of hydrogen-bond donors (Lipinski definition) is 0. The maximum Gasteiger partial charge on any atom is 0.416 e. The van der Waals surface area contributed by atoms with E-state index in [0.29, 0.717) is 35.2 Å². The van der Waals surface area contributed by atoms with Crippen molar-refractivity contribution >= 4 is 28.7 Å². The Morgan fingerprint density at radius 1 is 1.07 bits per heavy atom. The van der Waals surface area contributed by atoms with Crippen molar-refractivity contribution in [3.63, 3.8) is 0 Å². The van der Waals surface area contributed by atoms with Gasteiger partial charge in [-0.3, -0.25) is 14.5 Å². The molecule has 0 saturated carbocycles. The minimum absolute atomic E-state index is 0.190. The highest BCUT2D eigenvalue weighted by atomic mass is 32.1. The summed E-state index contributed by atoms with van der Waals surface area (Å²) in [7, 11) is 0. The summed E-state index contributed by atoms with van der Waals surface area (Å²) in [5.74, 6) is -0.329. The van der Waals surface area contributed by atoms with Gasteiger partial charge in [0.25, 0.3) is 11.8 Å². The molecule has 1 fully saturated rings. The van der Waals surface area contributed by atoms with Crippen LogP contribution in [0.25, 0.3) is 5.57 Å². The smallest absolute Gasteiger partial charge is 0.366 e. The third-order valence-corrected chi connectivity index (χ3v) is 6.49. The first-order chi connectivity index (χ1) is 14.3. The fourth-order valence-corrected chi connectivity index (χ4v) is 4.67. The zero-order chi connectivity index (χ0) is 21.5. The fraction of sp³-hybridized carbons (Fsp3) is 0.364. The van der Waals surface area contributed by atoms with Gasteiger partial charge >= 0.3 is 6.18 Å². The lowest BCUT2D eigenvalue weighted by Crippen LogP contribution is -2.38. The Kier molecular flexibility index (Phi) is 5.44. The highest BCUT2D eigenvalue weighted by molar-refractivity contribution is 7.11. The van der Waals surface area contributed by atoms with Crippen LogP contribution in [0, 0.1) is 5.92 Å². The van der Waals surface area contributed by atoms with E-state index >= 15 is 0 Å². The Labute approximate surface area is 176 Å². The minimum Gasteiger partial charge on any atom is -0.366 e. The lowest BCUT2D eigenvalue weighted by Gasteiger charge is -2.32. The number of nitrogens with zero attached hydrogens (tertiary/aromatic N) is 2. The quantitative estimate of drug-likeness (QED) is 0.651. The number of hydrogen-bond acceptors (Lipinski definition) is 4. The second kappa shape index (κ2) is 7.91. The Morgan fingerprint density at radius 3 is 2.43 bits per heavy atom. The van der Waals surface area contributed by atoms with Crippen LogP contribution in [-0.2, 0) is 22.3 Å². The zero-order valence-corrected chi connectivity index (χ0v) is 17.2. The predicted octanol–water partition coefficient (Wildman–Crippen LogP) is 4.78. The van der Waals surface area contributed by atoms with Crippen molar-refractivity contribution in [1.82, 2.24) is 9.80 Å². The van der Waals surface area contributed by atoms with Crippen LogP contribution in [0.4, 0.5) is 13.2 Å². The van der Waals surface area contributed by atoms with Crippen LogP contribution in [0.3, 0.4) is 0 Å². The average molecular weight is 434 g/mol. The number of thiophene rings is 1. The van der Waals surface area contributed by atoms with Crippen molar-refractivity contribution in [2.24, 2.45) is 5.92 Å². The van der Waals surface area contributed by atoms with Gasteiger partial charge < -0.3 is 4.90 Å². The summed E-state index contributed by atoms with van der Waals surface area (Å²) in [5, 5.41) is 1.84. The molecule has 0 unspecified atom stereocenters. The summed E-state index contributed by atoms with van der Waals surface area (Å²) >= 11 is 1.38. The van der Waals surface area contributed by atoms with Gasteiger partial charge in [0.05, 0.1) is 17.7 Å². The van der Waals surface area contributed by atoms with Gasteiger partial charge in [0.2, 0.25) is 0 Å². The van der Waals surface area contributed by atoms with Gasteiger partial charge in [-0.05, 0) is 47.9 Å². The molecular formula is C22H21F3N2O2S. The number of rotatable bonds is 4. The van der Waals surface area contributed by atoms with Gasteiger partial charge in [-0.2, -0.15) is 13.2 Å². The molecule has 4 rings (SSSR count). The number of benzene rings is 1. The standard InChI is InChI=1S/C22H21F3N2O2S/c1-14-7-9-26(10-8-14)19-18(17-6-3-11-30-17)20(28)27(21(19)29)13-15-4-2-5-16(12-15)22(23,24)25/h2-6,11-12,14H,7-10,13H2,1H3. The number of carbonyl (C=O) groups excluding carboxylic acids is 2. The Hall–Kier alpha value is -2.61. The van der Waals surface area contributed by atoms with Crippen LogP contribution in [0.15, 0.2) is 47.5 Å². The zero-order valence-electron chi connectivity index (χ0n) is 16.4. The third-order valence-electron chi connectivity index (χ3n) is 5.61. The molecule has 1 saturated heterocycles. The van der Waals surface area contributed by atoms with E-state index in [2.05, 4.69) is 6.92 Å². The van der Waals surface area contributed by atoms with E-state index in [1.165, 1.54) is 23.5 Å². The molecule has 30 heavy (non-hydrogen) atoms. The Bertz CT molecular complexity index is 990. The first kappa shape index (κ1) is 20.7. The molecular weight excluding hydrogens is 413 g/mol. The summed E-state index contributed by atoms with van der Waals surface area (Å²) in [6.45, 7) is 3.33. The van der Waals surface area contributed by atoms with Crippen molar-refractivity contribution < 1.29 is 22.8 Å². The summed E-state index contributed by atoms with van der Waals surface area (Å²) in [6.07, 6.45) is -2.63. The van der Waals surface area contributed by atoms with Crippen molar-refractivity contribution in [2.75, 3.05) is 13.1 Å². The van der Waals surface area contributed by atoms with Gasteiger partial charge in [0.15, 0.2) is 0 Å². The molecule has 0 N–H and O–H groups in total. The van der Waals surface area contributed by atoms with E-state index in [4.69, 9.17) is 0 Å². The monoisotopic (exact) mass is 434 g/mol. The maximum absolute atomic E-state index is 13.3. The van der Waals surface area contributed by atoms with E-state index in [9.17, 15) is 22.8 Å². The molecule has 0 radical (unpaired) electrons. The number of likely N-dealkylation sites (tertiary alicyclic amines) is 1. The van der Waals surface area contributed by atoms with Crippen molar-refractivity contribution in [2.45, 2.75) is 32.5 Å². The second-order valence-electron chi connectivity index (χ2n) is 7.77. The topological polar surface area (TPSA) is 40.6 Å². The van der Waals surface area contributed by atoms with Crippen LogP contribution in [0.2, 0.25) is 0 Å². The normalized spacial score (nSPS) is 18.7. The highest BCUT2D eigenvalue weighted by Crippen LogP contribution is 2.37. The van der Waals surface area contributed by atoms with Crippen molar-refractivity contribution in [1.29, 1.82) is 0 Å². The maximum atomic E-state index is 13.3. The minimum atomic E-state index is -4.48. The molecule has 0 spiro atoms. The second-order valence-corrected chi connectivity index (χ2v) is 8.71. The van der Waals surface area contributed by atoms with Crippen LogP contribution in [0.1, 0.15) is 35.8 Å². The molecule has 8 heteroatoms. The molecule has 0 bridgehead atoms. The van der Waals surface area contributed by atoms with Crippen LogP contribution in [0.5, 0.6) is 0 Å². The molecule has 158 valence electrons. The first-order valence-electron chi connectivity index (χ1n) is 9.81. The SMILES string of the molecule is CC1CCN(C2=C(c3cccs3)C(=O)N(Cc3cccc(C(F)(F)F)c3)C2=O)CC1. The number of amides is 2. The molecule has 2 aromatic rings. The average Bonchev–Trinajstić information content (AvgIpc) is 3.31. The predicted molar refractivity (Wildman–Crippen MR) is 108 cm³/mol. The number of alkyl halides is 3. The van der Waals surface area contributed by atoms with E-state index < -0.39 is 23.6 Å². The van der Waals surface area contributed by atoms with Gasteiger partial charge in [0.1, 0.15) is 5.70 Å². The van der Waals surface area contributed by atoms with Crippen LogP contribution < -0.4 is 0 Å². The summed E-state index contributed by atoms with van der Waals surface area (Å²) in [4.78, 5) is 30.2. The summed E-state index contributed by atoms with van der Waals surface area (Å²) in [6, 6.07) is 8.38. The largest absolute Gasteiger partial charge is 0.416 e. The molecule has 2 aliphatic heterocycles. The summed E-state index contributed by atoms with van der Waals surface area (Å²) < 4.78 is 39.2. The van der Waals surface area contributed by atoms with Gasteiger partial charge in [-0.1, -0.05) is 25.1 Å². The number of imide groups is 1. The molecule has 0 aliphatic carbocycles. The molecule has 4 nitrogen and oxygen atoms in total. The van der Waals surface area contributed by atoms with Gasteiger partial charge in [-0.25, -0.2) is 0 Å². The third kappa shape index (κ3) is 3.88. The summed E-state index contributed by atoms with van der Waals surface area (Å²) in [5.41, 5.74) is 0.208. The van der Waals surface area contributed by atoms with Crippen molar-refractivity contribution in [3.8, 4) is 0 Å². The molecule has 1 aromatic carbocycles. The van der Waals surface area contributed by atoms with Gasteiger partial charge in [0, 0.05) is 18.0 Å². The molecule has 1 aromatic heterocycles. The van der Waals surface area contributed by atoms with E-state index in [-0.39, 0.29) is 12.1 Å². The molecule has 3 heterocycles. The molecule has 2 amide bonds. The molecule has 0 atom stereocenters. The van der Waals surface area contributed by atoms with E-state index in [1.807, 2.05) is 16.3 Å². The van der Waals surface area contributed by atoms with Crippen LogP contribution in [-0.4, -0.2) is 34.7 Å². The number of carbonyl (C=O) groups is 2. The lowest BCUT2D eigenvalue weighted by atomic mass is 9.98. The molecule has 2 aliphatic rings. The lowest BCUT2D eigenvalue weighted by molar-refractivity contribution is -0.138. The number of piperidine rings is 1. The highest BCUT2D eigenvalue weighted by Gasteiger charge is 2.42. The van der Waals surface area contributed by atoms with Gasteiger partial charge in [-0.15, -0.1) is 11.3 Å². The Balaban J connectivity index is 1.66.